The zero-order valence-electron chi connectivity index (χ0n) is 13.4. The highest BCUT2D eigenvalue weighted by Gasteiger charge is 2.48. The van der Waals surface area contributed by atoms with E-state index in [0.29, 0.717) is 5.56 Å². The summed E-state index contributed by atoms with van der Waals surface area (Å²) in [6, 6.07) is 8.70. The van der Waals surface area contributed by atoms with Gasteiger partial charge in [-0.2, -0.15) is 8.42 Å². The first-order valence-electron chi connectivity index (χ1n) is 7.27. The van der Waals surface area contributed by atoms with Gasteiger partial charge in [0, 0.05) is 0 Å². The maximum Gasteiger partial charge on any atom is 0.397 e. The largest absolute Gasteiger partial charge is 0.479 e. The first-order chi connectivity index (χ1) is 12.8. The molecule has 1 aliphatic rings. The van der Waals surface area contributed by atoms with Gasteiger partial charge in [0.15, 0.2) is 18.4 Å². The summed E-state index contributed by atoms with van der Waals surface area (Å²) in [6.07, 6.45) is -5.76. The number of benzene rings is 1. The van der Waals surface area contributed by atoms with Crippen LogP contribution in [0.1, 0.15) is 5.56 Å². The van der Waals surface area contributed by atoms with Crippen molar-refractivity contribution < 1.29 is 55.3 Å². The second-order valence-corrected chi connectivity index (χ2v) is 6.70. The minimum absolute atomic E-state index is 0.0505. The molecule has 27 heavy (non-hydrogen) atoms. The second-order valence-electron chi connectivity index (χ2n) is 5.19. The smallest absolute Gasteiger partial charge is 0.397 e. The Kier molecular flexibility index (Phi) is 8.36. The maximum absolute atomic E-state index is 11.4. The molecular formula is C13H16O12S2. The molecule has 152 valence electrons. The van der Waals surface area contributed by atoms with E-state index < -0.39 is 47.4 Å². The molecule has 1 fully saturated rings. The summed E-state index contributed by atoms with van der Waals surface area (Å²) in [6.45, 7) is -0.566. The standard InChI is InChI=1S/C13H16O12S2/c14-13(15)12-11(22-26-25-24-16)10(9(7-21-12)23-27(17,18)19)20-6-8-4-2-1-3-5-8/h1-5,9-12,16H,6-7H2,(H,14,15)(H,17,18,19)/t9?,10-,11-,12?/m1/s1. The number of carbonyl (C=O) groups is 1. The summed E-state index contributed by atoms with van der Waals surface area (Å²) in [5, 5.41) is 20.8. The topological polar surface area (TPSA) is 167 Å². The maximum atomic E-state index is 11.4. The van der Waals surface area contributed by atoms with Crippen molar-refractivity contribution in [3.05, 3.63) is 35.9 Å². The van der Waals surface area contributed by atoms with Crippen LogP contribution in [0, 0.1) is 0 Å². The molecule has 0 aliphatic carbocycles. The minimum atomic E-state index is -4.89. The van der Waals surface area contributed by atoms with E-state index in [1.807, 2.05) is 0 Å². The molecule has 1 saturated heterocycles. The first-order valence-corrected chi connectivity index (χ1v) is 9.31. The van der Waals surface area contributed by atoms with Crippen molar-refractivity contribution in [1.29, 1.82) is 0 Å². The molecule has 0 amide bonds. The normalized spacial score (nSPS) is 26.0. The second kappa shape index (κ2) is 10.3. The molecule has 1 heterocycles. The van der Waals surface area contributed by atoms with E-state index in [2.05, 4.69) is 13.6 Å². The van der Waals surface area contributed by atoms with E-state index in [1.54, 1.807) is 30.3 Å². The molecule has 2 rings (SSSR count). The SMILES string of the molecule is O=C(O)C1OCC(OS(=O)(=O)O)[C@@H](OCc2ccccc2)[C@H]1OSOOO. The lowest BCUT2D eigenvalue weighted by Gasteiger charge is -2.38. The van der Waals surface area contributed by atoms with Crippen LogP contribution in [0.5, 0.6) is 0 Å². The van der Waals surface area contributed by atoms with Crippen molar-refractivity contribution in [2.75, 3.05) is 6.61 Å². The molecular weight excluding hydrogens is 412 g/mol. The van der Waals surface area contributed by atoms with Crippen LogP contribution >= 0.6 is 12.3 Å². The van der Waals surface area contributed by atoms with E-state index in [0.717, 1.165) is 0 Å². The van der Waals surface area contributed by atoms with Gasteiger partial charge in [0.25, 0.3) is 0 Å². The lowest BCUT2D eigenvalue weighted by atomic mass is 10.00. The molecule has 0 aromatic heterocycles. The molecule has 14 heteroatoms. The quantitative estimate of drug-likeness (QED) is 0.156. The summed E-state index contributed by atoms with van der Waals surface area (Å²) in [5.74, 6) is -1.43. The average molecular weight is 428 g/mol. The van der Waals surface area contributed by atoms with Crippen LogP contribution < -0.4 is 0 Å². The fourth-order valence-electron chi connectivity index (χ4n) is 2.37. The summed E-state index contributed by atoms with van der Waals surface area (Å²) in [7, 11) is -4.89. The van der Waals surface area contributed by atoms with Gasteiger partial charge in [-0.1, -0.05) is 35.4 Å². The first kappa shape index (κ1) is 22.0. The van der Waals surface area contributed by atoms with Crippen LogP contribution in [-0.2, 0) is 49.0 Å². The minimum Gasteiger partial charge on any atom is -0.479 e. The van der Waals surface area contributed by atoms with Gasteiger partial charge in [-0.3, -0.25) is 8.74 Å². The number of ether oxygens (including phenoxy) is 2. The summed E-state index contributed by atoms with van der Waals surface area (Å²) >= 11 is 0.0633. The highest BCUT2D eigenvalue weighted by Crippen LogP contribution is 2.28. The monoisotopic (exact) mass is 428 g/mol. The van der Waals surface area contributed by atoms with Crippen molar-refractivity contribution in [3.63, 3.8) is 0 Å². The van der Waals surface area contributed by atoms with E-state index in [1.165, 1.54) is 0 Å². The number of carboxylic acids is 1. The van der Waals surface area contributed by atoms with Gasteiger partial charge in [0.1, 0.15) is 18.3 Å². The molecule has 0 bridgehead atoms. The van der Waals surface area contributed by atoms with Crippen LogP contribution in [0.15, 0.2) is 30.3 Å². The highest BCUT2D eigenvalue weighted by atomic mass is 32.3. The lowest BCUT2D eigenvalue weighted by Crippen LogP contribution is -2.58. The molecule has 0 spiro atoms. The number of aliphatic carboxylic acids is 1. The average Bonchev–Trinajstić information content (AvgIpc) is 2.60. The molecule has 0 radical (unpaired) electrons. The van der Waals surface area contributed by atoms with Crippen molar-refractivity contribution in [2.45, 2.75) is 31.0 Å². The van der Waals surface area contributed by atoms with E-state index in [9.17, 15) is 18.3 Å². The van der Waals surface area contributed by atoms with Gasteiger partial charge < -0.3 is 14.6 Å². The van der Waals surface area contributed by atoms with Crippen LogP contribution in [0.3, 0.4) is 0 Å². The molecule has 4 atom stereocenters. The third-order valence-corrected chi connectivity index (χ3v) is 4.32. The molecule has 3 N–H and O–H groups in total. The van der Waals surface area contributed by atoms with Crippen molar-refractivity contribution in [1.82, 2.24) is 0 Å². The molecule has 1 aliphatic heterocycles. The fourth-order valence-corrected chi connectivity index (χ4v) is 3.21. The lowest BCUT2D eigenvalue weighted by molar-refractivity contribution is -0.434. The summed E-state index contributed by atoms with van der Waals surface area (Å²) in [5.41, 5.74) is 0.697. The van der Waals surface area contributed by atoms with Gasteiger partial charge in [-0.15, -0.1) is 4.33 Å². The third-order valence-electron chi connectivity index (χ3n) is 3.41. The number of hydrogen-bond donors (Lipinski definition) is 3. The Bertz CT molecular complexity index is 697. The van der Waals surface area contributed by atoms with Crippen molar-refractivity contribution in [2.24, 2.45) is 0 Å². The van der Waals surface area contributed by atoms with E-state index in [4.69, 9.17) is 23.5 Å². The zero-order valence-corrected chi connectivity index (χ0v) is 15.1. The Morgan fingerprint density at radius 1 is 1.26 bits per heavy atom. The van der Waals surface area contributed by atoms with Gasteiger partial charge in [0.05, 0.1) is 13.2 Å². The molecule has 1 aromatic rings. The number of hydrogen-bond acceptors (Lipinski definition) is 11. The third kappa shape index (κ3) is 6.96. The Morgan fingerprint density at radius 3 is 2.56 bits per heavy atom. The molecule has 12 nitrogen and oxygen atoms in total. The van der Waals surface area contributed by atoms with Crippen LogP contribution in [0.25, 0.3) is 0 Å². The number of carboxylic acid groups (broad SMARTS) is 1. The van der Waals surface area contributed by atoms with Gasteiger partial charge in [0.2, 0.25) is 0 Å². The van der Waals surface area contributed by atoms with Crippen LogP contribution in [0.2, 0.25) is 0 Å². The Morgan fingerprint density at radius 2 is 1.96 bits per heavy atom. The Balaban J connectivity index is 2.21. The van der Waals surface area contributed by atoms with E-state index >= 15 is 0 Å². The van der Waals surface area contributed by atoms with Gasteiger partial charge in [-0.25, -0.2) is 14.2 Å². The Labute approximate surface area is 158 Å². The molecule has 2 unspecified atom stereocenters. The summed E-state index contributed by atoms with van der Waals surface area (Å²) in [4.78, 5) is 11.4. The predicted molar refractivity (Wildman–Crippen MR) is 86.1 cm³/mol. The zero-order chi connectivity index (χ0) is 19.9. The number of rotatable bonds is 10. The predicted octanol–water partition coefficient (Wildman–Crippen LogP) is 0.613. The highest BCUT2D eigenvalue weighted by molar-refractivity contribution is 7.89. The molecule has 0 saturated carbocycles. The van der Waals surface area contributed by atoms with Crippen LogP contribution in [-0.4, -0.2) is 60.3 Å². The Hall–Kier alpha value is -1.33. The fraction of sp³-hybridized carbons (Fsp3) is 0.462. The van der Waals surface area contributed by atoms with Crippen molar-refractivity contribution in [3.8, 4) is 0 Å². The van der Waals surface area contributed by atoms with Gasteiger partial charge >= 0.3 is 16.4 Å². The summed E-state index contributed by atoms with van der Waals surface area (Å²) < 4.78 is 55.4. The van der Waals surface area contributed by atoms with Crippen LogP contribution in [0.4, 0.5) is 0 Å². The van der Waals surface area contributed by atoms with E-state index in [-0.39, 0.29) is 18.9 Å². The molecule has 1 aromatic carbocycles. The van der Waals surface area contributed by atoms with Crippen molar-refractivity contribution >= 4 is 28.7 Å². The van der Waals surface area contributed by atoms with Gasteiger partial charge in [-0.05, 0) is 5.56 Å².